The highest BCUT2D eigenvalue weighted by Crippen LogP contribution is 2.41. The van der Waals surface area contributed by atoms with Crippen molar-refractivity contribution in [2.45, 2.75) is 45.1 Å². The number of Topliss-reactive ketones (excluding diaryl/α,β-unsaturated/α-hetero) is 1. The van der Waals surface area contributed by atoms with Gasteiger partial charge in [0.25, 0.3) is 0 Å². The molecular formula is C15H23NO5. The zero-order valence-corrected chi connectivity index (χ0v) is 12.6. The van der Waals surface area contributed by atoms with E-state index in [4.69, 9.17) is 4.74 Å². The molecule has 2 aliphatic rings. The van der Waals surface area contributed by atoms with Gasteiger partial charge in [0.1, 0.15) is 11.8 Å². The van der Waals surface area contributed by atoms with Gasteiger partial charge in [0.15, 0.2) is 0 Å². The first-order chi connectivity index (χ1) is 9.97. The normalized spacial score (nSPS) is 32.2. The van der Waals surface area contributed by atoms with Crippen molar-refractivity contribution in [1.29, 1.82) is 0 Å². The van der Waals surface area contributed by atoms with E-state index < -0.39 is 18.1 Å². The number of carbonyl (C=O) groups excluding carboxylic acids is 2. The predicted octanol–water partition coefficient (Wildman–Crippen LogP) is 1.92. The smallest absolute Gasteiger partial charge is 0.410 e. The number of aliphatic carboxylic acids is 1. The van der Waals surface area contributed by atoms with Gasteiger partial charge in [-0.25, -0.2) is 9.59 Å². The van der Waals surface area contributed by atoms with Crippen molar-refractivity contribution in [3.8, 4) is 0 Å². The molecule has 0 radical (unpaired) electrons. The molecule has 4 unspecified atom stereocenters. The second kappa shape index (κ2) is 6.45. The summed E-state index contributed by atoms with van der Waals surface area (Å²) in [6.45, 7) is 2.29. The Morgan fingerprint density at radius 1 is 1.19 bits per heavy atom. The lowest BCUT2D eigenvalue weighted by atomic mass is 9.68. The fourth-order valence-corrected chi connectivity index (χ4v) is 3.78. The van der Waals surface area contributed by atoms with Gasteiger partial charge >= 0.3 is 12.1 Å². The molecule has 0 aromatic heterocycles. The molecule has 1 saturated heterocycles. The number of ether oxygens (including phenoxy) is 1. The summed E-state index contributed by atoms with van der Waals surface area (Å²) in [5.74, 6) is -0.171. The van der Waals surface area contributed by atoms with Crippen LogP contribution in [0.2, 0.25) is 0 Å². The summed E-state index contributed by atoms with van der Waals surface area (Å²) >= 11 is 0. The molecule has 4 atom stereocenters. The summed E-state index contributed by atoms with van der Waals surface area (Å²) in [6, 6.07) is -0.839. The van der Waals surface area contributed by atoms with E-state index in [1.807, 2.05) is 6.92 Å². The predicted molar refractivity (Wildman–Crippen MR) is 74.8 cm³/mol. The lowest BCUT2D eigenvalue weighted by Crippen LogP contribution is -2.54. The molecule has 1 amide bonds. The minimum Gasteiger partial charge on any atom is -0.480 e. The van der Waals surface area contributed by atoms with Crippen molar-refractivity contribution in [2.24, 2.45) is 17.8 Å². The standard InChI is InChI=1S/C15H23NO5/c1-3-13(17)9-4-5-10-8-16(15(20)21-2)12(14(18)19)7-11(10)6-9/h9-12H,3-8H2,1-2H3,(H,18,19). The number of carboxylic acids is 1. The van der Waals surface area contributed by atoms with Crippen LogP contribution in [0.4, 0.5) is 4.79 Å². The Kier molecular flexibility index (Phi) is 4.85. The average molecular weight is 297 g/mol. The van der Waals surface area contributed by atoms with E-state index >= 15 is 0 Å². The minimum absolute atomic E-state index is 0.0652. The molecular weight excluding hydrogens is 274 g/mol. The molecule has 21 heavy (non-hydrogen) atoms. The van der Waals surface area contributed by atoms with Gasteiger partial charge in [-0.05, 0) is 37.5 Å². The lowest BCUT2D eigenvalue weighted by molar-refractivity contribution is -0.146. The van der Waals surface area contributed by atoms with Crippen molar-refractivity contribution >= 4 is 17.8 Å². The molecule has 0 bridgehead atoms. The molecule has 6 nitrogen and oxygen atoms in total. The third kappa shape index (κ3) is 3.19. The van der Waals surface area contributed by atoms with Crippen LogP contribution in [0.25, 0.3) is 0 Å². The van der Waals surface area contributed by atoms with Gasteiger partial charge in [0.05, 0.1) is 7.11 Å². The fraction of sp³-hybridized carbons (Fsp3) is 0.800. The number of amides is 1. The molecule has 1 saturated carbocycles. The van der Waals surface area contributed by atoms with Crippen LogP contribution in [0.5, 0.6) is 0 Å². The highest BCUT2D eigenvalue weighted by atomic mass is 16.5. The van der Waals surface area contributed by atoms with E-state index in [1.165, 1.54) is 12.0 Å². The average Bonchev–Trinajstić information content (AvgIpc) is 2.51. The number of carboxylic acid groups (broad SMARTS) is 1. The summed E-state index contributed by atoms with van der Waals surface area (Å²) in [4.78, 5) is 36.4. The van der Waals surface area contributed by atoms with Crippen LogP contribution in [0.1, 0.15) is 39.0 Å². The molecule has 0 aromatic rings. The largest absolute Gasteiger partial charge is 0.480 e. The van der Waals surface area contributed by atoms with Crippen LogP contribution in [-0.2, 0) is 14.3 Å². The molecule has 118 valence electrons. The first-order valence-electron chi connectivity index (χ1n) is 7.58. The van der Waals surface area contributed by atoms with Gasteiger partial charge in [0, 0.05) is 18.9 Å². The van der Waals surface area contributed by atoms with E-state index in [1.54, 1.807) is 0 Å². The summed E-state index contributed by atoms with van der Waals surface area (Å²) in [7, 11) is 1.27. The van der Waals surface area contributed by atoms with Gasteiger partial charge in [0.2, 0.25) is 0 Å². The molecule has 1 N–H and O–H groups in total. The number of nitrogens with zero attached hydrogens (tertiary/aromatic N) is 1. The SMILES string of the molecule is CCC(=O)C1CCC2CN(C(=O)OC)C(C(=O)O)CC2C1. The Morgan fingerprint density at radius 2 is 1.90 bits per heavy atom. The number of methoxy groups -OCH3 is 1. The maximum absolute atomic E-state index is 11.9. The fourth-order valence-electron chi connectivity index (χ4n) is 3.78. The van der Waals surface area contributed by atoms with Crippen molar-refractivity contribution in [3.63, 3.8) is 0 Å². The van der Waals surface area contributed by atoms with E-state index in [9.17, 15) is 19.5 Å². The van der Waals surface area contributed by atoms with Gasteiger partial charge < -0.3 is 9.84 Å². The van der Waals surface area contributed by atoms with Crippen molar-refractivity contribution < 1.29 is 24.2 Å². The molecule has 6 heteroatoms. The Balaban J connectivity index is 2.10. The summed E-state index contributed by atoms with van der Waals surface area (Å²) in [6.07, 6.45) is 2.87. The third-order valence-corrected chi connectivity index (χ3v) is 4.97. The van der Waals surface area contributed by atoms with Gasteiger partial charge in [-0.2, -0.15) is 0 Å². The highest BCUT2D eigenvalue weighted by molar-refractivity contribution is 5.81. The van der Waals surface area contributed by atoms with Gasteiger partial charge in [-0.3, -0.25) is 9.69 Å². The Morgan fingerprint density at radius 3 is 2.48 bits per heavy atom. The van der Waals surface area contributed by atoms with Crippen LogP contribution in [0.15, 0.2) is 0 Å². The van der Waals surface area contributed by atoms with E-state index in [-0.39, 0.29) is 23.5 Å². The first kappa shape index (κ1) is 15.8. The number of ketones is 1. The maximum atomic E-state index is 11.9. The number of piperidine rings is 1. The van der Waals surface area contributed by atoms with Crippen LogP contribution in [0, 0.1) is 17.8 Å². The third-order valence-electron chi connectivity index (χ3n) is 4.97. The van der Waals surface area contributed by atoms with Gasteiger partial charge in [-0.15, -0.1) is 0 Å². The van der Waals surface area contributed by atoms with Crippen molar-refractivity contribution in [3.05, 3.63) is 0 Å². The second-order valence-electron chi connectivity index (χ2n) is 6.06. The maximum Gasteiger partial charge on any atom is 0.410 e. The number of rotatable bonds is 3. The molecule has 0 aromatic carbocycles. The zero-order valence-electron chi connectivity index (χ0n) is 12.6. The van der Waals surface area contributed by atoms with Crippen LogP contribution in [0.3, 0.4) is 0 Å². The Bertz CT molecular complexity index is 436. The monoisotopic (exact) mass is 297 g/mol. The lowest BCUT2D eigenvalue weighted by Gasteiger charge is -2.45. The molecule has 2 fully saturated rings. The van der Waals surface area contributed by atoms with Crippen molar-refractivity contribution in [2.75, 3.05) is 13.7 Å². The number of hydrogen-bond acceptors (Lipinski definition) is 4. The topological polar surface area (TPSA) is 83.9 Å². The Labute approximate surface area is 124 Å². The molecule has 2 rings (SSSR count). The van der Waals surface area contributed by atoms with Gasteiger partial charge in [-0.1, -0.05) is 6.92 Å². The number of hydrogen-bond donors (Lipinski definition) is 1. The quantitative estimate of drug-likeness (QED) is 0.860. The second-order valence-corrected chi connectivity index (χ2v) is 6.06. The molecule has 1 aliphatic heterocycles. The van der Waals surface area contributed by atoms with Crippen LogP contribution >= 0.6 is 0 Å². The summed E-state index contributed by atoms with van der Waals surface area (Å²) in [5.41, 5.74) is 0. The molecule has 1 aliphatic carbocycles. The number of likely N-dealkylation sites (tertiary alicyclic amines) is 1. The minimum atomic E-state index is -0.997. The molecule has 1 heterocycles. The number of carbonyl (C=O) groups is 3. The van der Waals surface area contributed by atoms with Crippen LogP contribution in [-0.4, -0.2) is 47.5 Å². The first-order valence-corrected chi connectivity index (χ1v) is 7.58. The summed E-state index contributed by atoms with van der Waals surface area (Å²) in [5, 5.41) is 9.35. The van der Waals surface area contributed by atoms with E-state index in [0.29, 0.717) is 19.4 Å². The zero-order chi connectivity index (χ0) is 15.6. The van der Waals surface area contributed by atoms with Crippen molar-refractivity contribution in [1.82, 2.24) is 4.90 Å². The highest BCUT2D eigenvalue weighted by Gasteiger charge is 2.44. The number of fused-ring (bicyclic) bond motifs is 1. The van der Waals surface area contributed by atoms with E-state index in [2.05, 4.69) is 0 Å². The molecule has 0 spiro atoms. The summed E-state index contributed by atoms with van der Waals surface area (Å²) < 4.78 is 4.70. The Hall–Kier alpha value is -1.59. The van der Waals surface area contributed by atoms with E-state index in [0.717, 1.165) is 19.3 Å². The van der Waals surface area contributed by atoms with Crippen LogP contribution < -0.4 is 0 Å².